The van der Waals surface area contributed by atoms with E-state index in [0.29, 0.717) is 30.8 Å². The third-order valence-electron chi connectivity index (χ3n) is 5.27. The number of sulfonamides is 1. The number of benzene rings is 2. The molecule has 6 nitrogen and oxygen atoms in total. The molecule has 0 spiro atoms. The number of nitrogens with one attached hydrogen (secondary N) is 1. The highest BCUT2D eigenvalue weighted by Crippen LogP contribution is 2.27. The monoisotopic (exact) mass is 494 g/mol. The van der Waals surface area contributed by atoms with Gasteiger partial charge in [0.2, 0.25) is 15.9 Å². The minimum Gasteiger partial charge on any atom is -0.496 e. The molecule has 0 atom stereocenters. The molecule has 0 bridgehead atoms. The average Bonchev–Trinajstić information content (AvgIpc) is 2.75. The van der Waals surface area contributed by atoms with Crippen molar-refractivity contribution in [1.82, 2.24) is 4.31 Å². The number of anilines is 1. The van der Waals surface area contributed by atoms with Crippen molar-refractivity contribution in [3.8, 4) is 5.75 Å². The molecule has 1 N–H and O–H groups in total. The standard InChI is InChI=1S/C22H27BrN2O4S/c1-16-14-18(7-9-20(16)23)24-22(26)11-6-17-15-19(8-10-21(17)29-2)30(27,28)25-12-4-3-5-13-25/h7-10,14-15H,3-6,11-13H2,1-2H3,(H,24,26). The number of hydrogen-bond acceptors (Lipinski definition) is 4. The van der Waals surface area contributed by atoms with Crippen molar-refractivity contribution >= 4 is 37.5 Å². The lowest BCUT2D eigenvalue weighted by molar-refractivity contribution is -0.116. The summed E-state index contributed by atoms with van der Waals surface area (Å²) in [4.78, 5) is 12.7. The second-order valence-electron chi connectivity index (χ2n) is 7.45. The molecule has 1 fully saturated rings. The fourth-order valence-corrected chi connectivity index (χ4v) is 5.37. The zero-order valence-corrected chi connectivity index (χ0v) is 19.7. The third kappa shape index (κ3) is 5.42. The molecule has 0 aromatic heterocycles. The number of halogens is 1. The Morgan fingerprint density at radius 1 is 1.13 bits per heavy atom. The molecule has 162 valence electrons. The summed E-state index contributed by atoms with van der Waals surface area (Å²) in [6.07, 6.45) is 3.44. The molecule has 1 aliphatic rings. The predicted octanol–water partition coefficient (Wildman–Crippen LogP) is 4.51. The van der Waals surface area contributed by atoms with Gasteiger partial charge in [0, 0.05) is 29.7 Å². The quantitative estimate of drug-likeness (QED) is 0.614. The van der Waals surface area contributed by atoms with Crippen LogP contribution in [0, 0.1) is 6.92 Å². The van der Waals surface area contributed by atoms with E-state index in [0.717, 1.165) is 35.0 Å². The number of amides is 1. The van der Waals surface area contributed by atoms with Gasteiger partial charge in [-0.25, -0.2) is 8.42 Å². The molecule has 30 heavy (non-hydrogen) atoms. The van der Waals surface area contributed by atoms with Crippen LogP contribution < -0.4 is 10.1 Å². The topological polar surface area (TPSA) is 75.7 Å². The highest BCUT2D eigenvalue weighted by Gasteiger charge is 2.26. The van der Waals surface area contributed by atoms with Crippen LogP contribution in [0.4, 0.5) is 5.69 Å². The Kier molecular flexibility index (Phi) is 7.55. The molecule has 2 aromatic rings. The van der Waals surface area contributed by atoms with Gasteiger partial charge in [0.25, 0.3) is 0 Å². The Hall–Kier alpha value is -1.90. The number of rotatable bonds is 7. The first-order valence-electron chi connectivity index (χ1n) is 10.0. The molecule has 1 aliphatic heterocycles. The molecule has 0 unspecified atom stereocenters. The maximum atomic E-state index is 13.0. The van der Waals surface area contributed by atoms with Crippen molar-refractivity contribution in [2.45, 2.75) is 43.9 Å². The Balaban J connectivity index is 1.72. The van der Waals surface area contributed by atoms with Gasteiger partial charge in [-0.3, -0.25) is 4.79 Å². The van der Waals surface area contributed by atoms with Crippen LogP contribution in [0.3, 0.4) is 0 Å². The first-order valence-corrected chi connectivity index (χ1v) is 12.3. The summed E-state index contributed by atoms with van der Waals surface area (Å²) >= 11 is 3.44. The van der Waals surface area contributed by atoms with Crippen LogP contribution in [0.2, 0.25) is 0 Å². The highest BCUT2D eigenvalue weighted by molar-refractivity contribution is 9.10. The zero-order chi connectivity index (χ0) is 21.7. The number of nitrogens with zero attached hydrogens (tertiary/aromatic N) is 1. The first kappa shape index (κ1) is 22.8. The van der Waals surface area contributed by atoms with E-state index in [1.807, 2.05) is 25.1 Å². The lowest BCUT2D eigenvalue weighted by Crippen LogP contribution is -2.35. The van der Waals surface area contributed by atoms with Gasteiger partial charge in [-0.15, -0.1) is 0 Å². The van der Waals surface area contributed by atoms with E-state index in [9.17, 15) is 13.2 Å². The number of piperidine rings is 1. The fourth-order valence-electron chi connectivity index (χ4n) is 3.56. The van der Waals surface area contributed by atoms with Crippen LogP contribution in [-0.2, 0) is 21.2 Å². The number of methoxy groups -OCH3 is 1. The van der Waals surface area contributed by atoms with Crippen molar-refractivity contribution in [2.24, 2.45) is 0 Å². The summed E-state index contributed by atoms with van der Waals surface area (Å²) in [7, 11) is -1.99. The molecule has 0 saturated carbocycles. The van der Waals surface area contributed by atoms with Crippen LogP contribution in [0.1, 0.15) is 36.8 Å². The van der Waals surface area contributed by atoms with Gasteiger partial charge in [0.05, 0.1) is 12.0 Å². The maximum absolute atomic E-state index is 13.0. The Morgan fingerprint density at radius 2 is 1.87 bits per heavy atom. The second-order valence-corrected chi connectivity index (χ2v) is 10.2. The Labute approximate surface area is 186 Å². The molecular weight excluding hydrogens is 468 g/mol. The van der Waals surface area contributed by atoms with Crippen molar-refractivity contribution in [3.05, 3.63) is 52.0 Å². The number of ether oxygens (including phenoxy) is 1. The summed E-state index contributed by atoms with van der Waals surface area (Å²) in [5, 5.41) is 2.89. The largest absolute Gasteiger partial charge is 0.496 e. The van der Waals surface area contributed by atoms with Crippen LogP contribution in [0.25, 0.3) is 0 Å². The van der Waals surface area contributed by atoms with Gasteiger partial charge >= 0.3 is 0 Å². The normalized spacial score (nSPS) is 15.0. The van der Waals surface area contributed by atoms with Gasteiger partial charge in [-0.2, -0.15) is 4.31 Å². The lowest BCUT2D eigenvalue weighted by atomic mass is 10.1. The van der Waals surface area contributed by atoms with Gasteiger partial charge in [-0.05, 0) is 73.7 Å². The minimum absolute atomic E-state index is 0.136. The number of carbonyl (C=O) groups excluding carboxylic acids is 1. The molecular formula is C22H27BrN2O4S. The first-order chi connectivity index (χ1) is 14.3. The number of hydrogen-bond donors (Lipinski definition) is 1. The van der Waals surface area contributed by atoms with E-state index in [2.05, 4.69) is 21.2 Å². The molecule has 0 aliphatic carbocycles. The number of carbonyl (C=O) groups is 1. The van der Waals surface area contributed by atoms with Crippen molar-refractivity contribution < 1.29 is 17.9 Å². The smallest absolute Gasteiger partial charge is 0.243 e. The molecule has 0 radical (unpaired) electrons. The predicted molar refractivity (Wildman–Crippen MR) is 121 cm³/mol. The molecule has 1 saturated heterocycles. The molecule has 3 rings (SSSR count). The second kappa shape index (κ2) is 9.94. The van der Waals surface area contributed by atoms with Crippen LogP contribution in [-0.4, -0.2) is 38.8 Å². The van der Waals surface area contributed by atoms with Crippen LogP contribution >= 0.6 is 15.9 Å². The number of aryl methyl sites for hydroxylation is 2. The highest BCUT2D eigenvalue weighted by atomic mass is 79.9. The third-order valence-corrected chi connectivity index (χ3v) is 8.05. The van der Waals surface area contributed by atoms with Gasteiger partial charge in [0.15, 0.2) is 0 Å². The van der Waals surface area contributed by atoms with Crippen LogP contribution in [0.15, 0.2) is 45.8 Å². The van der Waals surface area contributed by atoms with E-state index in [-0.39, 0.29) is 17.2 Å². The van der Waals surface area contributed by atoms with Crippen molar-refractivity contribution in [1.29, 1.82) is 0 Å². The van der Waals surface area contributed by atoms with Gasteiger partial charge in [0.1, 0.15) is 5.75 Å². The van der Waals surface area contributed by atoms with E-state index < -0.39 is 10.0 Å². The Morgan fingerprint density at radius 3 is 2.53 bits per heavy atom. The summed E-state index contributed by atoms with van der Waals surface area (Å²) < 4.78 is 33.9. The molecule has 2 aromatic carbocycles. The Bertz CT molecular complexity index is 1020. The maximum Gasteiger partial charge on any atom is 0.243 e. The van der Waals surface area contributed by atoms with E-state index in [1.165, 1.54) is 0 Å². The summed E-state index contributed by atoms with van der Waals surface area (Å²) in [6.45, 7) is 3.07. The molecule has 1 amide bonds. The molecule has 8 heteroatoms. The van der Waals surface area contributed by atoms with Gasteiger partial charge in [-0.1, -0.05) is 22.4 Å². The molecule has 1 heterocycles. The van der Waals surface area contributed by atoms with Gasteiger partial charge < -0.3 is 10.1 Å². The SMILES string of the molecule is COc1ccc(S(=O)(=O)N2CCCCC2)cc1CCC(=O)Nc1ccc(Br)c(C)c1. The van der Waals surface area contributed by atoms with E-state index in [1.54, 1.807) is 29.6 Å². The zero-order valence-electron chi connectivity index (χ0n) is 17.3. The minimum atomic E-state index is -3.53. The summed E-state index contributed by atoms with van der Waals surface area (Å²) in [5.41, 5.74) is 2.47. The average molecular weight is 495 g/mol. The summed E-state index contributed by atoms with van der Waals surface area (Å²) in [6, 6.07) is 10.5. The van der Waals surface area contributed by atoms with Crippen LogP contribution in [0.5, 0.6) is 5.75 Å². The van der Waals surface area contributed by atoms with Crippen molar-refractivity contribution in [3.63, 3.8) is 0 Å². The van der Waals surface area contributed by atoms with Crippen molar-refractivity contribution in [2.75, 3.05) is 25.5 Å². The lowest BCUT2D eigenvalue weighted by Gasteiger charge is -2.26. The van der Waals surface area contributed by atoms with E-state index >= 15 is 0 Å². The fraction of sp³-hybridized carbons (Fsp3) is 0.409. The summed E-state index contributed by atoms with van der Waals surface area (Å²) in [5.74, 6) is 0.447. The van der Waals surface area contributed by atoms with E-state index in [4.69, 9.17) is 4.74 Å².